The molecule has 0 bridgehead atoms. The van der Waals surface area contributed by atoms with Gasteiger partial charge in [-0.2, -0.15) is 0 Å². The lowest BCUT2D eigenvalue weighted by Gasteiger charge is -2.37. The molecule has 1 saturated heterocycles. The minimum Gasteiger partial charge on any atom is -0.378 e. The summed E-state index contributed by atoms with van der Waals surface area (Å²) < 4.78 is 10.5. The monoisotopic (exact) mass is 217 g/mol. The summed E-state index contributed by atoms with van der Waals surface area (Å²) >= 11 is 0. The van der Waals surface area contributed by atoms with Crippen molar-refractivity contribution in [1.82, 2.24) is 4.90 Å². The third kappa shape index (κ3) is 3.87. The van der Waals surface area contributed by atoms with Crippen molar-refractivity contribution in [2.75, 3.05) is 19.8 Å². The number of ether oxygens (including phenoxy) is 2. The van der Waals surface area contributed by atoms with E-state index in [9.17, 15) is 9.90 Å². The second kappa shape index (κ2) is 5.03. The van der Waals surface area contributed by atoms with Crippen LogP contribution in [0.4, 0.5) is 0 Å². The van der Waals surface area contributed by atoms with Gasteiger partial charge in [-0.15, -0.1) is 0 Å². The molecule has 1 N–H and O–H groups in total. The molecular weight excluding hydrogens is 198 g/mol. The number of morpholine rings is 1. The predicted molar refractivity (Wildman–Crippen MR) is 54.2 cm³/mol. The van der Waals surface area contributed by atoms with Crippen LogP contribution in [0.25, 0.3) is 0 Å². The van der Waals surface area contributed by atoms with Gasteiger partial charge in [-0.1, -0.05) is 0 Å². The molecule has 0 aromatic heterocycles. The normalized spacial score (nSPS) is 26.3. The van der Waals surface area contributed by atoms with Crippen LogP contribution in [0.3, 0.4) is 0 Å². The van der Waals surface area contributed by atoms with E-state index < -0.39 is 18.1 Å². The highest BCUT2D eigenvalue weighted by atomic mass is 16.6. The zero-order valence-electron chi connectivity index (χ0n) is 9.47. The van der Waals surface area contributed by atoms with Crippen molar-refractivity contribution < 1.29 is 19.4 Å². The average Bonchev–Trinajstić information content (AvgIpc) is 2.15. The first-order valence-corrected chi connectivity index (χ1v) is 5.09. The van der Waals surface area contributed by atoms with E-state index in [1.54, 1.807) is 4.90 Å². The van der Waals surface area contributed by atoms with Crippen molar-refractivity contribution in [3.63, 3.8) is 0 Å². The molecule has 1 fully saturated rings. The molecule has 1 aliphatic rings. The van der Waals surface area contributed by atoms with Gasteiger partial charge in [0.15, 0.2) is 0 Å². The topological polar surface area (TPSA) is 59.0 Å². The summed E-state index contributed by atoms with van der Waals surface area (Å²) in [5.41, 5.74) is -0.439. The van der Waals surface area contributed by atoms with Crippen molar-refractivity contribution in [2.45, 2.75) is 38.8 Å². The van der Waals surface area contributed by atoms with Crippen LogP contribution in [0.15, 0.2) is 0 Å². The zero-order valence-corrected chi connectivity index (χ0v) is 9.47. The number of aliphatic hydroxyl groups is 1. The van der Waals surface area contributed by atoms with E-state index in [1.165, 1.54) is 0 Å². The highest BCUT2D eigenvalue weighted by Gasteiger charge is 2.30. The molecule has 1 rings (SSSR count). The van der Waals surface area contributed by atoms with E-state index >= 15 is 0 Å². The molecule has 15 heavy (non-hydrogen) atoms. The Morgan fingerprint density at radius 2 is 2.27 bits per heavy atom. The van der Waals surface area contributed by atoms with Crippen molar-refractivity contribution in [1.29, 1.82) is 0 Å². The van der Waals surface area contributed by atoms with Crippen LogP contribution in [0.5, 0.6) is 0 Å². The van der Waals surface area contributed by atoms with Crippen molar-refractivity contribution >= 4 is 6.29 Å². The maximum absolute atomic E-state index is 10.8. The molecule has 0 amide bonds. The van der Waals surface area contributed by atoms with Crippen LogP contribution in [-0.4, -0.2) is 54.1 Å². The fraction of sp³-hybridized carbons (Fsp3) is 0.900. The van der Waals surface area contributed by atoms with Crippen molar-refractivity contribution in [3.05, 3.63) is 0 Å². The van der Waals surface area contributed by atoms with Gasteiger partial charge < -0.3 is 19.4 Å². The summed E-state index contributed by atoms with van der Waals surface area (Å²) in [7, 11) is 0. The first-order chi connectivity index (χ1) is 6.94. The average molecular weight is 217 g/mol. The number of rotatable bonds is 3. The first-order valence-electron chi connectivity index (χ1n) is 5.09. The Kier molecular flexibility index (Phi) is 4.21. The molecule has 1 heterocycles. The van der Waals surface area contributed by atoms with Gasteiger partial charge >= 0.3 is 0 Å². The summed E-state index contributed by atoms with van der Waals surface area (Å²) in [6, 6.07) is -0.420. The Morgan fingerprint density at radius 3 is 2.80 bits per heavy atom. The SMILES string of the molecule is CC(C)(C)OC(O)N1CCOCC1C=O. The van der Waals surface area contributed by atoms with Gasteiger partial charge in [0, 0.05) is 6.54 Å². The second-order valence-electron chi connectivity index (χ2n) is 4.57. The fourth-order valence-corrected chi connectivity index (χ4v) is 1.41. The Balaban J connectivity index is 2.55. The van der Waals surface area contributed by atoms with E-state index in [0.29, 0.717) is 19.8 Å². The van der Waals surface area contributed by atoms with Crippen LogP contribution in [0, 0.1) is 0 Å². The van der Waals surface area contributed by atoms with Crippen LogP contribution < -0.4 is 0 Å². The highest BCUT2D eigenvalue weighted by Crippen LogP contribution is 2.15. The molecule has 1 aliphatic heterocycles. The number of carbonyl (C=O) groups is 1. The largest absolute Gasteiger partial charge is 0.378 e. The first kappa shape index (κ1) is 12.6. The lowest BCUT2D eigenvalue weighted by atomic mass is 10.2. The molecule has 0 aliphatic carbocycles. The number of aldehydes is 1. The Labute approximate surface area is 90.0 Å². The van der Waals surface area contributed by atoms with E-state index in [2.05, 4.69) is 0 Å². The Morgan fingerprint density at radius 1 is 1.60 bits per heavy atom. The summed E-state index contributed by atoms with van der Waals surface area (Å²) in [6.07, 6.45) is -0.280. The maximum atomic E-state index is 10.8. The molecule has 0 spiro atoms. The molecule has 0 radical (unpaired) electrons. The fourth-order valence-electron chi connectivity index (χ4n) is 1.41. The molecule has 0 aromatic carbocycles. The predicted octanol–water partition coefficient (Wildman–Crippen LogP) is -0.0229. The smallest absolute Gasteiger partial charge is 0.217 e. The minimum atomic E-state index is -1.05. The number of hydrogen-bond acceptors (Lipinski definition) is 5. The Bertz CT molecular complexity index is 214. The number of hydrogen-bond donors (Lipinski definition) is 1. The lowest BCUT2D eigenvalue weighted by Crippen LogP contribution is -2.53. The molecule has 0 aromatic rings. The van der Waals surface area contributed by atoms with Gasteiger partial charge in [-0.05, 0) is 20.8 Å². The van der Waals surface area contributed by atoms with Crippen LogP contribution >= 0.6 is 0 Å². The molecular formula is C10H19NO4. The number of aliphatic hydroxyl groups excluding tert-OH is 1. The van der Waals surface area contributed by atoms with E-state index in [1.807, 2.05) is 20.8 Å². The third-order valence-corrected chi connectivity index (χ3v) is 2.11. The Hall–Kier alpha value is -0.490. The van der Waals surface area contributed by atoms with Gasteiger partial charge in [-0.3, -0.25) is 0 Å². The summed E-state index contributed by atoms with van der Waals surface area (Å²) in [5.74, 6) is 0. The lowest BCUT2D eigenvalue weighted by molar-refractivity contribution is -0.258. The number of nitrogens with zero attached hydrogens (tertiary/aromatic N) is 1. The maximum Gasteiger partial charge on any atom is 0.217 e. The van der Waals surface area contributed by atoms with Gasteiger partial charge in [-0.25, -0.2) is 4.90 Å². The zero-order chi connectivity index (χ0) is 11.5. The number of carbonyl (C=O) groups excluding carboxylic acids is 1. The summed E-state index contributed by atoms with van der Waals surface area (Å²) in [5, 5.41) is 9.80. The standard InChI is InChI=1S/C10H19NO4/c1-10(2,3)15-9(13)11-4-5-14-7-8(11)6-12/h6,8-9,13H,4-5,7H2,1-3H3. The molecule has 2 atom stereocenters. The van der Waals surface area contributed by atoms with Gasteiger partial charge in [0.1, 0.15) is 6.29 Å². The van der Waals surface area contributed by atoms with E-state index in [4.69, 9.17) is 9.47 Å². The van der Waals surface area contributed by atoms with Crippen molar-refractivity contribution in [3.8, 4) is 0 Å². The van der Waals surface area contributed by atoms with E-state index in [0.717, 1.165) is 6.29 Å². The molecule has 5 nitrogen and oxygen atoms in total. The summed E-state index contributed by atoms with van der Waals surface area (Å²) in [6.45, 7) is 6.88. The third-order valence-electron chi connectivity index (χ3n) is 2.11. The van der Waals surface area contributed by atoms with Crippen molar-refractivity contribution in [2.24, 2.45) is 0 Å². The second-order valence-corrected chi connectivity index (χ2v) is 4.57. The molecule has 0 saturated carbocycles. The quantitative estimate of drug-likeness (QED) is 0.531. The molecule has 88 valence electrons. The van der Waals surface area contributed by atoms with E-state index in [-0.39, 0.29) is 0 Å². The summed E-state index contributed by atoms with van der Waals surface area (Å²) in [4.78, 5) is 12.4. The highest BCUT2D eigenvalue weighted by molar-refractivity contribution is 5.57. The van der Waals surface area contributed by atoms with Crippen LogP contribution in [-0.2, 0) is 14.3 Å². The van der Waals surface area contributed by atoms with Gasteiger partial charge in [0.05, 0.1) is 24.9 Å². The van der Waals surface area contributed by atoms with Gasteiger partial charge in [0.2, 0.25) is 6.41 Å². The van der Waals surface area contributed by atoms with Crippen LogP contribution in [0.1, 0.15) is 20.8 Å². The van der Waals surface area contributed by atoms with Gasteiger partial charge in [0.25, 0.3) is 0 Å². The molecule has 2 unspecified atom stereocenters. The van der Waals surface area contributed by atoms with Crippen LogP contribution in [0.2, 0.25) is 0 Å². The molecule has 5 heteroatoms. The minimum absolute atomic E-state index is 0.314.